The van der Waals surface area contributed by atoms with Gasteiger partial charge in [-0.25, -0.2) is 4.79 Å². The fourth-order valence-corrected chi connectivity index (χ4v) is 5.38. The second kappa shape index (κ2) is 16.3. The lowest BCUT2D eigenvalue weighted by Crippen LogP contribution is -2.56. The Morgan fingerprint density at radius 3 is 2.11 bits per heavy atom. The number of amides is 3. The summed E-state index contributed by atoms with van der Waals surface area (Å²) in [5.74, 6) is -0.210. The number of aryl methyl sites for hydroxylation is 1. The standard InChI is InChI=1S/C38H51N3O5/c1-25(2)17-18-27(4)41(36(44)33(40-37(45)46-38(6,7)8)23-29-19-21-31(42)22-20-29)34(32-16-12-13-26(3)28(32)5)35(43)39-24-30-14-10-9-11-15-30/h9-16,19-22,25,27,33-34,42H,17-18,23-24H2,1-8H3,(H,39,43)(H,40,45). The zero-order valence-corrected chi connectivity index (χ0v) is 28.6. The van der Waals surface area contributed by atoms with E-state index in [0.717, 1.165) is 34.2 Å². The Labute approximate surface area is 274 Å². The van der Waals surface area contributed by atoms with E-state index in [1.54, 1.807) is 49.9 Å². The van der Waals surface area contributed by atoms with Gasteiger partial charge in [0.2, 0.25) is 11.8 Å². The second-order valence-corrected chi connectivity index (χ2v) is 13.5. The normalized spacial score (nSPS) is 13.4. The van der Waals surface area contributed by atoms with Gasteiger partial charge in [-0.1, -0.05) is 74.5 Å². The van der Waals surface area contributed by atoms with E-state index >= 15 is 0 Å². The maximum atomic E-state index is 14.9. The van der Waals surface area contributed by atoms with Crippen LogP contribution in [0.2, 0.25) is 0 Å². The Kier molecular flexibility index (Phi) is 12.8. The van der Waals surface area contributed by atoms with Crippen molar-refractivity contribution in [1.29, 1.82) is 0 Å². The molecule has 3 aromatic carbocycles. The maximum absolute atomic E-state index is 14.9. The highest BCUT2D eigenvalue weighted by Crippen LogP contribution is 2.31. The molecule has 0 fully saturated rings. The summed E-state index contributed by atoms with van der Waals surface area (Å²) >= 11 is 0. The molecule has 3 rings (SSSR count). The molecule has 3 unspecified atom stereocenters. The number of aromatic hydroxyl groups is 1. The van der Waals surface area contributed by atoms with Crippen LogP contribution < -0.4 is 10.6 Å². The lowest BCUT2D eigenvalue weighted by molar-refractivity contribution is -0.145. The van der Waals surface area contributed by atoms with Crippen LogP contribution in [0, 0.1) is 19.8 Å². The van der Waals surface area contributed by atoms with Gasteiger partial charge in [0.05, 0.1) is 0 Å². The highest BCUT2D eigenvalue weighted by atomic mass is 16.6. The average Bonchev–Trinajstić information content (AvgIpc) is 2.99. The lowest BCUT2D eigenvalue weighted by atomic mass is 9.92. The molecule has 0 saturated carbocycles. The summed E-state index contributed by atoms with van der Waals surface area (Å²) in [6.07, 6.45) is 0.917. The molecule has 3 aromatic rings. The minimum atomic E-state index is -1.05. The van der Waals surface area contributed by atoms with Crippen LogP contribution in [0.25, 0.3) is 0 Å². The molecule has 3 atom stereocenters. The minimum absolute atomic E-state index is 0.0979. The number of hydrogen-bond acceptors (Lipinski definition) is 5. The van der Waals surface area contributed by atoms with E-state index in [1.165, 1.54) is 0 Å². The quantitative estimate of drug-likeness (QED) is 0.186. The molecule has 46 heavy (non-hydrogen) atoms. The van der Waals surface area contributed by atoms with Crippen molar-refractivity contribution >= 4 is 17.9 Å². The van der Waals surface area contributed by atoms with Gasteiger partial charge < -0.3 is 25.4 Å². The van der Waals surface area contributed by atoms with Crippen molar-refractivity contribution in [3.05, 3.63) is 101 Å². The van der Waals surface area contributed by atoms with Crippen LogP contribution in [0.4, 0.5) is 4.79 Å². The number of phenols is 1. The van der Waals surface area contributed by atoms with Gasteiger partial charge in [-0.05, 0) is 100 Å². The van der Waals surface area contributed by atoms with Crippen LogP contribution in [0.5, 0.6) is 5.75 Å². The first-order valence-corrected chi connectivity index (χ1v) is 16.1. The van der Waals surface area contributed by atoms with Crippen LogP contribution in [0.15, 0.2) is 72.8 Å². The molecule has 248 valence electrons. The Hall–Kier alpha value is -4.33. The van der Waals surface area contributed by atoms with Crippen LogP contribution in [0.3, 0.4) is 0 Å². The smallest absolute Gasteiger partial charge is 0.408 e. The minimum Gasteiger partial charge on any atom is -0.508 e. The molecule has 8 heteroatoms. The molecule has 0 saturated heterocycles. The molecule has 0 bridgehead atoms. The van der Waals surface area contributed by atoms with Gasteiger partial charge in [-0.3, -0.25) is 9.59 Å². The summed E-state index contributed by atoms with van der Waals surface area (Å²) < 4.78 is 5.57. The molecular weight excluding hydrogens is 578 g/mol. The average molecular weight is 630 g/mol. The first kappa shape index (κ1) is 36.1. The van der Waals surface area contributed by atoms with Crippen LogP contribution in [-0.4, -0.2) is 45.6 Å². The van der Waals surface area contributed by atoms with Crippen molar-refractivity contribution < 1.29 is 24.2 Å². The van der Waals surface area contributed by atoms with Crippen molar-refractivity contribution in [3.63, 3.8) is 0 Å². The summed E-state index contributed by atoms with van der Waals surface area (Å²) in [6, 6.07) is 19.6. The van der Waals surface area contributed by atoms with Gasteiger partial charge >= 0.3 is 6.09 Å². The van der Waals surface area contributed by atoms with E-state index in [0.29, 0.717) is 18.9 Å². The molecule has 3 N–H and O–H groups in total. The molecule has 0 radical (unpaired) electrons. The van der Waals surface area contributed by atoms with Gasteiger partial charge in [-0.2, -0.15) is 0 Å². The Balaban J connectivity index is 2.13. The Bertz CT molecular complexity index is 1450. The number of nitrogens with zero attached hydrogens (tertiary/aromatic N) is 1. The summed E-state index contributed by atoms with van der Waals surface area (Å²) in [4.78, 5) is 44.1. The molecule has 0 spiro atoms. The number of hydrogen-bond donors (Lipinski definition) is 3. The van der Waals surface area contributed by atoms with Gasteiger partial charge in [0.1, 0.15) is 23.4 Å². The highest BCUT2D eigenvalue weighted by molar-refractivity contribution is 5.92. The first-order chi connectivity index (χ1) is 21.7. The van der Waals surface area contributed by atoms with Crippen molar-refractivity contribution in [2.45, 2.75) is 105 Å². The summed E-state index contributed by atoms with van der Waals surface area (Å²) in [6.45, 7) is 15.8. The first-order valence-electron chi connectivity index (χ1n) is 16.1. The molecular formula is C38H51N3O5. The molecule has 0 aliphatic carbocycles. The number of carbonyl (C=O) groups is 3. The van der Waals surface area contributed by atoms with Gasteiger partial charge in [-0.15, -0.1) is 0 Å². The van der Waals surface area contributed by atoms with Crippen LogP contribution >= 0.6 is 0 Å². The third kappa shape index (κ3) is 10.6. The van der Waals surface area contributed by atoms with Gasteiger partial charge in [0.15, 0.2) is 0 Å². The number of benzene rings is 3. The number of ether oxygens (including phenoxy) is 1. The van der Waals surface area contributed by atoms with Crippen molar-refractivity contribution in [1.82, 2.24) is 15.5 Å². The largest absolute Gasteiger partial charge is 0.508 e. The van der Waals surface area contributed by atoms with Crippen LogP contribution in [-0.2, 0) is 27.3 Å². The number of phenolic OH excluding ortho intramolecular Hbond substituents is 1. The molecule has 0 aliphatic rings. The zero-order chi connectivity index (χ0) is 34.0. The lowest BCUT2D eigenvalue weighted by Gasteiger charge is -2.39. The van der Waals surface area contributed by atoms with Crippen LogP contribution in [0.1, 0.15) is 88.2 Å². The molecule has 0 aliphatic heterocycles. The number of carbonyl (C=O) groups excluding carboxylic acids is 3. The van der Waals surface area contributed by atoms with E-state index in [-0.39, 0.29) is 24.1 Å². The van der Waals surface area contributed by atoms with E-state index in [4.69, 9.17) is 4.74 Å². The Morgan fingerprint density at radius 2 is 1.50 bits per heavy atom. The number of rotatable bonds is 13. The SMILES string of the molecule is Cc1cccc(C(C(=O)NCc2ccccc2)N(C(=O)C(Cc2ccc(O)cc2)NC(=O)OC(C)(C)C)C(C)CCC(C)C)c1C. The van der Waals surface area contributed by atoms with Gasteiger partial charge in [0, 0.05) is 19.0 Å². The molecule has 0 aromatic heterocycles. The van der Waals surface area contributed by atoms with Crippen molar-refractivity contribution in [2.24, 2.45) is 5.92 Å². The van der Waals surface area contributed by atoms with Gasteiger partial charge in [0.25, 0.3) is 0 Å². The summed E-state index contributed by atoms with van der Waals surface area (Å²) in [5, 5.41) is 15.8. The number of nitrogens with one attached hydrogen (secondary N) is 2. The zero-order valence-electron chi connectivity index (χ0n) is 28.6. The fraction of sp³-hybridized carbons (Fsp3) is 0.447. The van der Waals surface area contributed by atoms with E-state index in [9.17, 15) is 19.5 Å². The molecule has 3 amide bonds. The van der Waals surface area contributed by atoms with Crippen molar-refractivity contribution in [2.75, 3.05) is 0 Å². The number of alkyl carbamates (subject to hydrolysis) is 1. The highest BCUT2D eigenvalue weighted by Gasteiger charge is 2.39. The van der Waals surface area contributed by atoms with E-state index < -0.39 is 29.7 Å². The topological polar surface area (TPSA) is 108 Å². The maximum Gasteiger partial charge on any atom is 0.408 e. The summed E-state index contributed by atoms with van der Waals surface area (Å²) in [7, 11) is 0. The third-order valence-electron chi connectivity index (χ3n) is 8.03. The van der Waals surface area contributed by atoms with E-state index in [1.807, 2.05) is 69.3 Å². The van der Waals surface area contributed by atoms with E-state index in [2.05, 4.69) is 24.5 Å². The van der Waals surface area contributed by atoms with Crippen molar-refractivity contribution in [3.8, 4) is 5.75 Å². The second-order valence-electron chi connectivity index (χ2n) is 13.5. The summed E-state index contributed by atoms with van der Waals surface area (Å²) in [5.41, 5.74) is 3.56. The monoisotopic (exact) mass is 629 g/mol. The predicted octanol–water partition coefficient (Wildman–Crippen LogP) is 7.16. The predicted molar refractivity (Wildman–Crippen MR) is 182 cm³/mol. The third-order valence-corrected chi connectivity index (χ3v) is 8.03. The molecule has 8 nitrogen and oxygen atoms in total. The Morgan fingerprint density at radius 1 is 0.848 bits per heavy atom. The fourth-order valence-electron chi connectivity index (χ4n) is 5.38. The molecule has 0 heterocycles.